The fourth-order valence-electron chi connectivity index (χ4n) is 1.25. The topological polar surface area (TPSA) is 48.4 Å². The van der Waals surface area contributed by atoms with Crippen LogP contribution in [-0.2, 0) is 10.9 Å². The van der Waals surface area contributed by atoms with Gasteiger partial charge in [0.1, 0.15) is 5.56 Å². The lowest BCUT2D eigenvalue weighted by molar-refractivity contribution is -0.159. The number of pyridine rings is 1. The standard InChI is InChI=1S/C11H9F6NO3/c1-2-20-9(19)6-3-7(11(15,16)17)8(18-4-6)21-5-10(12,13)14/h3-4H,2,5H2,1H3. The van der Waals surface area contributed by atoms with Gasteiger partial charge in [-0.05, 0) is 13.0 Å². The number of carbonyl (C=O) groups is 1. The van der Waals surface area contributed by atoms with Crippen LogP contribution >= 0.6 is 0 Å². The fraction of sp³-hybridized carbons (Fsp3) is 0.455. The second kappa shape index (κ2) is 6.19. The van der Waals surface area contributed by atoms with Gasteiger partial charge in [-0.1, -0.05) is 0 Å². The minimum Gasteiger partial charge on any atom is -0.468 e. The highest BCUT2D eigenvalue weighted by atomic mass is 19.4. The molecule has 0 saturated heterocycles. The van der Waals surface area contributed by atoms with Gasteiger partial charge in [-0.3, -0.25) is 0 Å². The summed E-state index contributed by atoms with van der Waals surface area (Å²) < 4.78 is 82.6. The van der Waals surface area contributed by atoms with Crippen LogP contribution in [-0.4, -0.2) is 30.3 Å². The summed E-state index contributed by atoms with van der Waals surface area (Å²) in [5.41, 5.74) is -2.12. The molecule has 1 rings (SSSR count). The van der Waals surface area contributed by atoms with E-state index in [1.165, 1.54) is 6.92 Å². The normalized spacial score (nSPS) is 12.1. The molecule has 0 aliphatic heterocycles. The average molecular weight is 317 g/mol. The van der Waals surface area contributed by atoms with E-state index in [4.69, 9.17) is 0 Å². The van der Waals surface area contributed by atoms with E-state index in [1.54, 1.807) is 0 Å². The quantitative estimate of drug-likeness (QED) is 0.632. The summed E-state index contributed by atoms with van der Waals surface area (Å²) in [6.45, 7) is -0.564. The predicted octanol–water partition coefficient (Wildman–Crippen LogP) is 3.22. The summed E-state index contributed by atoms with van der Waals surface area (Å²) in [7, 11) is 0. The molecule has 1 aromatic rings. The second-order valence-corrected chi connectivity index (χ2v) is 3.70. The maximum atomic E-state index is 12.7. The van der Waals surface area contributed by atoms with E-state index in [0.717, 1.165) is 0 Å². The van der Waals surface area contributed by atoms with Gasteiger partial charge in [0.25, 0.3) is 0 Å². The van der Waals surface area contributed by atoms with E-state index in [9.17, 15) is 31.1 Å². The first-order chi connectivity index (χ1) is 9.54. The first kappa shape index (κ1) is 17.1. The van der Waals surface area contributed by atoms with Gasteiger partial charge in [-0.25, -0.2) is 9.78 Å². The van der Waals surface area contributed by atoms with Crippen LogP contribution in [0.1, 0.15) is 22.8 Å². The van der Waals surface area contributed by atoms with Crippen LogP contribution in [0.5, 0.6) is 5.88 Å². The Morgan fingerprint density at radius 3 is 2.33 bits per heavy atom. The first-order valence-corrected chi connectivity index (χ1v) is 5.48. The molecule has 10 heteroatoms. The van der Waals surface area contributed by atoms with Gasteiger partial charge in [0.2, 0.25) is 5.88 Å². The van der Waals surface area contributed by atoms with Crippen molar-refractivity contribution in [1.82, 2.24) is 4.98 Å². The molecule has 0 amide bonds. The zero-order valence-corrected chi connectivity index (χ0v) is 10.5. The Morgan fingerprint density at radius 2 is 1.86 bits per heavy atom. The van der Waals surface area contributed by atoms with E-state index in [1.807, 2.05) is 0 Å². The first-order valence-electron chi connectivity index (χ1n) is 5.48. The number of carbonyl (C=O) groups excluding carboxylic acids is 1. The molecule has 0 atom stereocenters. The smallest absolute Gasteiger partial charge is 0.422 e. The summed E-state index contributed by atoms with van der Waals surface area (Å²) in [5.74, 6) is -2.33. The van der Waals surface area contributed by atoms with Crippen LogP contribution in [0.3, 0.4) is 0 Å². The third-order valence-electron chi connectivity index (χ3n) is 2.04. The van der Waals surface area contributed by atoms with Crippen molar-refractivity contribution in [3.05, 3.63) is 23.4 Å². The van der Waals surface area contributed by atoms with Crippen molar-refractivity contribution < 1.29 is 40.6 Å². The van der Waals surface area contributed by atoms with Crippen LogP contribution in [0, 0.1) is 0 Å². The third kappa shape index (κ3) is 5.12. The Hall–Kier alpha value is -2.00. The summed E-state index contributed by atoms with van der Waals surface area (Å²) in [6, 6.07) is 0.330. The molecule has 0 aliphatic carbocycles. The fourth-order valence-corrected chi connectivity index (χ4v) is 1.25. The Labute approximate surface area is 114 Å². The van der Waals surface area contributed by atoms with Crippen molar-refractivity contribution in [3.8, 4) is 5.88 Å². The van der Waals surface area contributed by atoms with Crippen LogP contribution in [0.4, 0.5) is 26.3 Å². The molecular formula is C11H9F6NO3. The lowest BCUT2D eigenvalue weighted by Crippen LogP contribution is -2.22. The number of halogens is 6. The summed E-state index contributed by atoms with van der Waals surface area (Å²) in [6.07, 6.45) is -9.19. The molecular weight excluding hydrogens is 308 g/mol. The van der Waals surface area contributed by atoms with Crippen LogP contribution < -0.4 is 4.74 Å². The molecule has 0 spiro atoms. The highest BCUT2D eigenvalue weighted by Gasteiger charge is 2.38. The summed E-state index contributed by atoms with van der Waals surface area (Å²) in [4.78, 5) is 14.4. The Kier molecular flexibility index (Phi) is 5.02. The number of aromatic nitrogens is 1. The van der Waals surface area contributed by atoms with Crippen LogP contribution in [0.25, 0.3) is 0 Å². The van der Waals surface area contributed by atoms with E-state index in [0.29, 0.717) is 12.3 Å². The van der Waals surface area contributed by atoms with Crippen molar-refractivity contribution in [1.29, 1.82) is 0 Å². The number of nitrogens with zero attached hydrogens (tertiary/aromatic N) is 1. The monoisotopic (exact) mass is 317 g/mol. The van der Waals surface area contributed by atoms with E-state index in [2.05, 4.69) is 14.5 Å². The van der Waals surface area contributed by atoms with Gasteiger partial charge in [-0.15, -0.1) is 0 Å². The largest absolute Gasteiger partial charge is 0.468 e. The number of ether oxygens (including phenoxy) is 2. The molecule has 21 heavy (non-hydrogen) atoms. The van der Waals surface area contributed by atoms with Gasteiger partial charge in [0.15, 0.2) is 6.61 Å². The zero-order chi connectivity index (χ0) is 16.3. The highest BCUT2D eigenvalue weighted by molar-refractivity contribution is 5.89. The maximum Gasteiger partial charge on any atom is 0.422 e. The zero-order valence-electron chi connectivity index (χ0n) is 10.5. The van der Waals surface area contributed by atoms with Crippen LogP contribution in [0.2, 0.25) is 0 Å². The summed E-state index contributed by atoms with van der Waals surface area (Å²) >= 11 is 0. The molecule has 1 aromatic heterocycles. The van der Waals surface area contributed by atoms with E-state index >= 15 is 0 Å². The molecule has 0 radical (unpaired) electrons. The number of hydrogen-bond donors (Lipinski definition) is 0. The molecule has 0 aromatic carbocycles. The van der Waals surface area contributed by atoms with E-state index in [-0.39, 0.29) is 6.61 Å². The Balaban J connectivity index is 3.12. The number of alkyl halides is 6. The molecule has 4 nitrogen and oxygen atoms in total. The van der Waals surface area contributed by atoms with Crippen LogP contribution in [0.15, 0.2) is 12.3 Å². The molecule has 0 aliphatic rings. The van der Waals surface area contributed by atoms with Crippen molar-refractivity contribution in [2.75, 3.05) is 13.2 Å². The SMILES string of the molecule is CCOC(=O)c1cnc(OCC(F)(F)F)c(C(F)(F)F)c1. The molecule has 1 heterocycles. The maximum absolute atomic E-state index is 12.7. The third-order valence-corrected chi connectivity index (χ3v) is 2.04. The lowest BCUT2D eigenvalue weighted by atomic mass is 10.2. The number of esters is 1. The average Bonchev–Trinajstić information content (AvgIpc) is 2.34. The Morgan fingerprint density at radius 1 is 1.24 bits per heavy atom. The van der Waals surface area contributed by atoms with Gasteiger partial charge >= 0.3 is 18.3 Å². The molecule has 0 saturated carbocycles. The molecule has 118 valence electrons. The van der Waals surface area contributed by atoms with Crippen molar-refractivity contribution in [2.24, 2.45) is 0 Å². The number of rotatable bonds is 4. The molecule has 0 unspecified atom stereocenters. The van der Waals surface area contributed by atoms with Crippen molar-refractivity contribution in [2.45, 2.75) is 19.3 Å². The minimum atomic E-state index is -5.03. The lowest BCUT2D eigenvalue weighted by Gasteiger charge is -2.14. The van der Waals surface area contributed by atoms with E-state index < -0.39 is 41.9 Å². The van der Waals surface area contributed by atoms with Gasteiger partial charge in [0, 0.05) is 6.20 Å². The molecule has 0 fully saturated rings. The second-order valence-electron chi connectivity index (χ2n) is 3.70. The number of hydrogen-bond acceptors (Lipinski definition) is 4. The van der Waals surface area contributed by atoms with Crippen molar-refractivity contribution >= 4 is 5.97 Å². The highest BCUT2D eigenvalue weighted by Crippen LogP contribution is 2.36. The van der Waals surface area contributed by atoms with Gasteiger partial charge in [-0.2, -0.15) is 26.3 Å². The van der Waals surface area contributed by atoms with Gasteiger partial charge in [0.05, 0.1) is 12.2 Å². The minimum absolute atomic E-state index is 0.0769. The summed E-state index contributed by atoms with van der Waals surface area (Å²) in [5, 5.41) is 0. The Bertz CT molecular complexity index is 512. The molecule has 0 N–H and O–H groups in total. The predicted molar refractivity (Wildman–Crippen MR) is 56.7 cm³/mol. The van der Waals surface area contributed by atoms with Crippen molar-refractivity contribution in [3.63, 3.8) is 0 Å². The van der Waals surface area contributed by atoms with Gasteiger partial charge < -0.3 is 9.47 Å². The molecule has 0 bridgehead atoms.